The Morgan fingerprint density at radius 1 is 0.703 bits per heavy atom. The molecule has 2 fully saturated rings. The summed E-state index contributed by atoms with van der Waals surface area (Å²) in [6.07, 6.45) is 7.47. The Hall–Kier alpha value is 1.62. The second-order valence-electron chi connectivity index (χ2n) is 9.10. The Kier molecular flexibility index (Phi) is 15.9. The van der Waals surface area contributed by atoms with Gasteiger partial charge in [-0.2, -0.15) is 0 Å². The van der Waals surface area contributed by atoms with Crippen molar-refractivity contribution >= 4 is 58.1 Å². The number of rotatable bonds is 1. The van der Waals surface area contributed by atoms with Crippen molar-refractivity contribution in [3.8, 4) is 0 Å². The van der Waals surface area contributed by atoms with E-state index < -0.39 is 7.81 Å². The molecule has 0 N–H and O–H groups in total. The minimum Gasteiger partial charge on any atom is 2.00 e. The predicted octanol–water partition coefficient (Wildman–Crippen LogP) is 12.2. The van der Waals surface area contributed by atoms with Gasteiger partial charge in [0.2, 0.25) is 0 Å². The molecule has 1 aromatic rings. The molecule has 0 aromatic heterocycles. The van der Waals surface area contributed by atoms with Crippen LogP contribution in [0.2, 0.25) is 0 Å². The molecule has 0 amide bonds. The number of hydrogen-bond acceptors (Lipinski definition) is 0. The molecule has 1 aromatic carbocycles. The van der Waals surface area contributed by atoms with Gasteiger partial charge in [0.25, 0.3) is 0 Å². The molecule has 1 heterocycles. The summed E-state index contributed by atoms with van der Waals surface area (Å²) in [4.78, 5) is 0. The van der Waals surface area contributed by atoms with E-state index in [2.05, 4.69) is 71.9 Å². The van der Waals surface area contributed by atoms with Gasteiger partial charge in [0.05, 0.1) is 0 Å². The van der Waals surface area contributed by atoms with Crippen LogP contribution in [0.4, 0.5) is 25.2 Å². The van der Waals surface area contributed by atoms with Gasteiger partial charge in [-0.1, -0.05) is 102 Å². The van der Waals surface area contributed by atoms with Crippen LogP contribution in [0.25, 0.3) is 0 Å². The van der Waals surface area contributed by atoms with Crippen molar-refractivity contribution in [2.24, 2.45) is 0 Å². The first-order chi connectivity index (χ1) is 16.2. The van der Waals surface area contributed by atoms with E-state index in [9.17, 15) is 25.2 Å². The van der Waals surface area contributed by atoms with Gasteiger partial charge >= 0.3 is 50.1 Å². The van der Waals surface area contributed by atoms with Crippen LogP contribution in [0.5, 0.6) is 0 Å². The van der Waals surface area contributed by atoms with Gasteiger partial charge < -0.3 is 0 Å². The molecular formula is C24H36Cl2F6FeP4+. The fraction of sp³-hybridized carbons (Fsp3) is 0.542. The van der Waals surface area contributed by atoms with Crippen molar-refractivity contribution in [2.45, 2.75) is 53.6 Å². The minimum absolute atomic E-state index is 0. The van der Waals surface area contributed by atoms with Gasteiger partial charge in [-0.25, -0.2) is 0 Å². The average molecular weight is 689 g/mol. The van der Waals surface area contributed by atoms with E-state index in [-0.39, 0.29) is 39.5 Å². The van der Waals surface area contributed by atoms with Crippen LogP contribution in [0.15, 0.2) is 30.3 Å². The molecule has 0 spiro atoms. The van der Waals surface area contributed by atoms with E-state index in [1.807, 2.05) is 0 Å². The first-order valence-corrected chi connectivity index (χ1v) is 20.4. The normalized spacial score (nSPS) is 29.5. The minimum atomic E-state index is -10.7. The summed E-state index contributed by atoms with van der Waals surface area (Å²) in [6.45, 7) is 13.3. The van der Waals surface area contributed by atoms with E-state index in [1.165, 1.54) is 60.7 Å². The van der Waals surface area contributed by atoms with Crippen LogP contribution >= 0.6 is 52.8 Å². The summed E-state index contributed by atoms with van der Waals surface area (Å²) in [5.41, 5.74) is 0.668. The van der Waals surface area contributed by atoms with Crippen LogP contribution in [-0.2, 0) is 17.1 Å². The topological polar surface area (TPSA) is 0 Å². The second kappa shape index (κ2) is 15.2. The summed E-state index contributed by atoms with van der Waals surface area (Å²) in [5, 5.41) is 1.55. The van der Waals surface area contributed by atoms with Gasteiger partial charge in [-0.05, 0) is 92.3 Å². The number of halogens is 8. The van der Waals surface area contributed by atoms with Crippen molar-refractivity contribution in [3.63, 3.8) is 0 Å². The van der Waals surface area contributed by atoms with Gasteiger partial charge in [0, 0.05) is 0 Å². The van der Waals surface area contributed by atoms with Crippen molar-refractivity contribution in [2.75, 3.05) is 30.8 Å². The van der Waals surface area contributed by atoms with Crippen LogP contribution < -0.4 is 5.30 Å². The maximum atomic E-state index is 9.87. The molecule has 4 atom stereocenters. The number of hydrogen-bond donors (Lipinski definition) is 0. The third kappa shape index (κ3) is 17.2. The molecule has 0 bridgehead atoms. The van der Waals surface area contributed by atoms with E-state index in [0.717, 1.165) is 6.16 Å². The molecule has 2 aliphatic rings. The zero-order valence-electron chi connectivity index (χ0n) is 21.9. The van der Waals surface area contributed by atoms with Crippen molar-refractivity contribution < 1.29 is 42.3 Å². The molecule has 4 unspecified atom stereocenters. The predicted molar refractivity (Wildman–Crippen MR) is 155 cm³/mol. The fourth-order valence-electron chi connectivity index (χ4n) is 3.75. The molecule has 215 valence electrons. The summed E-state index contributed by atoms with van der Waals surface area (Å²) >= 11 is 13.1. The first-order valence-electron chi connectivity index (χ1n) is 11.6. The van der Waals surface area contributed by atoms with E-state index in [4.69, 9.17) is 22.5 Å². The average Bonchev–Trinajstić information content (AvgIpc) is 2.92. The zero-order valence-corrected chi connectivity index (χ0v) is 28.1. The quantitative estimate of drug-likeness (QED) is 0.156. The van der Waals surface area contributed by atoms with Gasteiger partial charge in [-0.15, -0.1) is 0 Å². The Labute approximate surface area is 243 Å². The molecule has 37 heavy (non-hydrogen) atoms. The summed E-state index contributed by atoms with van der Waals surface area (Å²) in [5.74, 6) is 7.34. The molecule has 1 aliphatic carbocycles. The summed E-state index contributed by atoms with van der Waals surface area (Å²) < 4.78 is 59.2. The Bertz CT molecular complexity index is 734. The van der Waals surface area contributed by atoms with Crippen molar-refractivity contribution in [3.05, 3.63) is 59.9 Å². The first kappa shape index (κ1) is 38.6. The number of benzene rings is 1. The standard InChI is InChI=1S/C14H21Cl2P3.C10H15.F6P.Fe/c1-13-12-17(14-6-3-2-4-7-14)8-5-9-18(15)10-11-19(13)16;1-6-7(2)9(4)10(5)8(6)3;1-7(2,3,4,5)6;/h2-4,6-7,13H,5,8-12H2,1H3;1-5H3;;/q;;-1;+2. The third-order valence-electron chi connectivity index (χ3n) is 6.28. The monoisotopic (exact) mass is 688 g/mol. The van der Waals surface area contributed by atoms with Gasteiger partial charge in [0.15, 0.2) is 0 Å². The molecule has 13 heteroatoms. The van der Waals surface area contributed by atoms with Crippen molar-refractivity contribution in [1.29, 1.82) is 0 Å². The summed E-state index contributed by atoms with van der Waals surface area (Å²) in [6, 6.07) is 11.0. The largest absolute Gasteiger partial charge is 2.00 e. The maximum Gasteiger partial charge on any atom is 2.00 e. The van der Waals surface area contributed by atoms with Crippen LogP contribution in [0.1, 0.15) is 48.0 Å². The molecule has 5 radical (unpaired) electrons. The van der Waals surface area contributed by atoms with Crippen LogP contribution in [0.3, 0.4) is 0 Å². The Morgan fingerprint density at radius 3 is 1.51 bits per heavy atom. The Morgan fingerprint density at radius 2 is 1.11 bits per heavy atom. The molecule has 3 rings (SSSR count). The third-order valence-corrected chi connectivity index (χ3v) is 15.6. The van der Waals surface area contributed by atoms with Gasteiger partial charge in [-0.3, -0.25) is 0 Å². The maximum absolute atomic E-state index is 10.7. The van der Waals surface area contributed by atoms with Crippen LogP contribution in [0, 0.1) is 29.6 Å². The van der Waals surface area contributed by atoms with E-state index >= 15 is 0 Å². The molecule has 0 nitrogen and oxygen atoms in total. The van der Waals surface area contributed by atoms with E-state index in [0.29, 0.717) is 5.66 Å². The summed E-state index contributed by atoms with van der Waals surface area (Å²) in [7, 11) is -11.3. The molecule has 1 saturated heterocycles. The molecule has 1 aliphatic heterocycles. The van der Waals surface area contributed by atoms with E-state index in [1.54, 1.807) is 5.30 Å². The SMILES string of the molecule is CC1CP(c2ccccc2)CCCP(Cl)CCP1Cl.C[C]1[C](C)[C](C)[C](C)[C]1C.F[P-](F)(F)(F)(F)F.[Fe+2]. The Balaban J connectivity index is 0.000000605. The zero-order chi connectivity index (χ0) is 28.0. The molecular weight excluding hydrogens is 653 g/mol. The van der Waals surface area contributed by atoms with Crippen LogP contribution in [-0.4, -0.2) is 36.5 Å². The fourth-order valence-corrected chi connectivity index (χ4v) is 12.8. The van der Waals surface area contributed by atoms with Gasteiger partial charge in [0.1, 0.15) is 0 Å². The van der Waals surface area contributed by atoms with Crippen molar-refractivity contribution in [1.82, 2.24) is 0 Å². The second-order valence-corrected chi connectivity index (χ2v) is 20.1. The smallest absolute Gasteiger partial charge is 2.00 e. The molecule has 1 saturated carbocycles.